The maximum Gasteiger partial charge on any atom is 0.331 e. The molecule has 2 aromatic heterocycles. The summed E-state index contributed by atoms with van der Waals surface area (Å²) in [6, 6.07) is 14.3. The lowest BCUT2D eigenvalue weighted by Gasteiger charge is -2.26. The molecule has 11 heteroatoms. The fourth-order valence-electron chi connectivity index (χ4n) is 4.41. The van der Waals surface area contributed by atoms with Gasteiger partial charge < -0.3 is 19.8 Å². The van der Waals surface area contributed by atoms with Gasteiger partial charge in [-0.05, 0) is 60.2 Å². The summed E-state index contributed by atoms with van der Waals surface area (Å²) in [5.74, 6) is -0.273. The van der Waals surface area contributed by atoms with Gasteiger partial charge >= 0.3 is 5.69 Å². The van der Waals surface area contributed by atoms with Crippen LogP contribution >= 0.6 is 0 Å². The molecule has 0 bridgehead atoms. The molecular weight excluding hydrogens is 493 g/mol. The monoisotopic (exact) mass is 521 g/mol. The Morgan fingerprint density at radius 2 is 1.76 bits per heavy atom. The van der Waals surface area contributed by atoms with Crippen LogP contribution in [0.2, 0.25) is 0 Å². The number of rotatable bonds is 8. The number of benzene rings is 2. The molecule has 198 valence electrons. The zero-order chi connectivity index (χ0) is 26.6. The normalized spacial score (nSPS) is 14.1. The van der Waals surface area contributed by atoms with E-state index >= 15 is 0 Å². The molecule has 0 spiro atoms. The highest BCUT2D eigenvalue weighted by atomic mass is 19.1. The van der Waals surface area contributed by atoms with Gasteiger partial charge in [0, 0.05) is 44.6 Å². The van der Waals surface area contributed by atoms with Crippen LogP contribution in [0.3, 0.4) is 0 Å². The Balaban J connectivity index is 1.30. The standard InChI is InChI=1S/C27H28FN5O5/c1-31-26(35)25-23(33(27(31)36)11-10-32-12-14-37-15-13-32)16-22(30-25)18-2-8-21(9-3-18)38-17-24(34)29-20-6-4-19(28)5-7-20/h2-9,16,30H,10-15,17H2,1H3,(H,29,34). The molecule has 0 unspecified atom stereocenters. The van der Waals surface area contributed by atoms with Gasteiger partial charge in [-0.2, -0.15) is 0 Å². The van der Waals surface area contributed by atoms with E-state index in [-0.39, 0.29) is 29.6 Å². The van der Waals surface area contributed by atoms with Crippen LogP contribution in [0.25, 0.3) is 22.3 Å². The van der Waals surface area contributed by atoms with E-state index in [1.807, 2.05) is 6.07 Å². The summed E-state index contributed by atoms with van der Waals surface area (Å²) >= 11 is 0. The highest BCUT2D eigenvalue weighted by Crippen LogP contribution is 2.24. The van der Waals surface area contributed by atoms with Gasteiger partial charge in [0.05, 0.1) is 18.7 Å². The number of halogens is 1. The minimum atomic E-state index is -0.383. The number of nitrogens with one attached hydrogen (secondary N) is 2. The number of morpholine rings is 1. The lowest BCUT2D eigenvalue weighted by atomic mass is 10.1. The van der Waals surface area contributed by atoms with Crippen LogP contribution in [0.5, 0.6) is 5.75 Å². The first-order chi connectivity index (χ1) is 18.4. The summed E-state index contributed by atoms with van der Waals surface area (Å²) in [6.45, 7) is 3.88. The molecule has 1 aliphatic rings. The molecule has 1 fully saturated rings. The Hall–Kier alpha value is -4.22. The summed E-state index contributed by atoms with van der Waals surface area (Å²) in [5, 5.41) is 2.64. The van der Waals surface area contributed by atoms with Gasteiger partial charge in [0.1, 0.15) is 17.1 Å². The molecule has 38 heavy (non-hydrogen) atoms. The number of nitrogens with zero attached hydrogens (tertiary/aromatic N) is 3. The molecule has 1 amide bonds. The first-order valence-electron chi connectivity index (χ1n) is 12.3. The van der Waals surface area contributed by atoms with Gasteiger partial charge in [0.2, 0.25) is 0 Å². The molecule has 2 aromatic carbocycles. The summed E-state index contributed by atoms with van der Waals surface area (Å²) in [4.78, 5) is 43.3. The van der Waals surface area contributed by atoms with Crippen molar-refractivity contribution in [3.63, 3.8) is 0 Å². The van der Waals surface area contributed by atoms with Crippen LogP contribution in [-0.2, 0) is 23.1 Å². The maximum absolute atomic E-state index is 13.0. The second-order valence-electron chi connectivity index (χ2n) is 9.06. The molecule has 0 atom stereocenters. The highest BCUT2D eigenvalue weighted by Gasteiger charge is 2.17. The number of hydrogen-bond donors (Lipinski definition) is 2. The van der Waals surface area contributed by atoms with Crippen LogP contribution in [-0.4, -0.2) is 64.4 Å². The summed E-state index contributed by atoms with van der Waals surface area (Å²) < 4.78 is 26.7. The lowest BCUT2D eigenvalue weighted by Crippen LogP contribution is -2.42. The van der Waals surface area contributed by atoms with Gasteiger partial charge in [0.25, 0.3) is 11.5 Å². The molecule has 0 aliphatic carbocycles. The van der Waals surface area contributed by atoms with Crippen molar-refractivity contribution in [2.24, 2.45) is 7.05 Å². The average molecular weight is 522 g/mol. The first-order valence-corrected chi connectivity index (χ1v) is 12.3. The van der Waals surface area contributed by atoms with Crippen molar-refractivity contribution in [1.29, 1.82) is 0 Å². The smallest absolute Gasteiger partial charge is 0.331 e. The number of anilines is 1. The van der Waals surface area contributed by atoms with Gasteiger partial charge in [0.15, 0.2) is 6.61 Å². The molecule has 4 aromatic rings. The van der Waals surface area contributed by atoms with Crippen molar-refractivity contribution in [1.82, 2.24) is 19.0 Å². The number of fused-ring (bicyclic) bond motifs is 1. The molecule has 1 saturated heterocycles. The largest absolute Gasteiger partial charge is 0.484 e. The van der Waals surface area contributed by atoms with E-state index in [1.54, 1.807) is 28.8 Å². The Morgan fingerprint density at radius 3 is 2.47 bits per heavy atom. The average Bonchev–Trinajstić information content (AvgIpc) is 3.38. The van der Waals surface area contributed by atoms with E-state index in [9.17, 15) is 18.8 Å². The second kappa shape index (κ2) is 11.0. The van der Waals surface area contributed by atoms with E-state index in [0.717, 1.165) is 23.2 Å². The number of ether oxygens (including phenoxy) is 2. The van der Waals surface area contributed by atoms with Crippen LogP contribution < -0.4 is 21.3 Å². The number of carbonyl (C=O) groups excluding carboxylic acids is 1. The van der Waals surface area contributed by atoms with Gasteiger partial charge in [-0.1, -0.05) is 0 Å². The van der Waals surface area contributed by atoms with Crippen molar-refractivity contribution in [3.05, 3.63) is 81.3 Å². The van der Waals surface area contributed by atoms with Crippen LogP contribution in [0.1, 0.15) is 0 Å². The molecule has 0 radical (unpaired) electrons. The van der Waals surface area contributed by atoms with Crippen LogP contribution in [0, 0.1) is 5.82 Å². The number of hydrogen-bond acceptors (Lipinski definition) is 6. The van der Waals surface area contributed by atoms with Crippen LogP contribution in [0.15, 0.2) is 64.2 Å². The molecule has 1 aliphatic heterocycles. The molecule has 5 rings (SSSR count). The minimum Gasteiger partial charge on any atom is -0.484 e. The molecular formula is C27H28FN5O5. The van der Waals surface area contributed by atoms with Crippen molar-refractivity contribution in [2.75, 3.05) is 44.8 Å². The number of H-pyrrole nitrogens is 1. The van der Waals surface area contributed by atoms with Gasteiger partial charge in [-0.15, -0.1) is 0 Å². The summed E-state index contributed by atoms with van der Waals surface area (Å²) in [5.41, 5.74) is 2.13. The van der Waals surface area contributed by atoms with Crippen molar-refractivity contribution in [3.8, 4) is 17.0 Å². The van der Waals surface area contributed by atoms with E-state index in [4.69, 9.17) is 9.47 Å². The summed E-state index contributed by atoms with van der Waals surface area (Å²) in [6.07, 6.45) is 0. The van der Waals surface area contributed by atoms with Crippen molar-refractivity contribution < 1.29 is 18.7 Å². The molecule has 0 saturated carbocycles. The number of amides is 1. The Labute approximate surface area is 217 Å². The van der Waals surface area contributed by atoms with Gasteiger partial charge in [-0.25, -0.2) is 9.18 Å². The van der Waals surface area contributed by atoms with Crippen molar-refractivity contribution in [2.45, 2.75) is 6.54 Å². The molecule has 10 nitrogen and oxygen atoms in total. The third kappa shape index (κ3) is 5.53. The highest BCUT2D eigenvalue weighted by molar-refractivity contribution is 5.91. The second-order valence-corrected chi connectivity index (χ2v) is 9.06. The number of carbonyl (C=O) groups is 1. The predicted molar refractivity (Wildman–Crippen MR) is 141 cm³/mol. The zero-order valence-corrected chi connectivity index (χ0v) is 20.9. The fourth-order valence-corrected chi connectivity index (χ4v) is 4.41. The predicted octanol–water partition coefficient (Wildman–Crippen LogP) is 2.18. The third-order valence-corrected chi connectivity index (χ3v) is 6.53. The molecule has 2 N–H and O–H groups in total. The van der Waals surface area contributed by atoms with E-state index in [1.165, 1.54) is 31.3 Å². The number of aromatic amines is 1. The quantitative estimate of drug-likeness (QED) is 0.368. The SMILES string of the molecule is Cn1c(=O)c2[nH]c(-c3ccc(OCC(=O)Nc4ccc(F)cc4)cc3)cc2n(CCN2CCOCC2)c1=O. The zero-order valence-electron chi connectivity index (χ0n) is 20.9. The van der Waals surface area contributed by atoms with E-state index in [2.05, 4.69) is 15.2 Å². The molecule has 3 heterocycles. The lowest BCUT2D eigenvalue weighted by molar-refractivity contribution is -0.118. The van der Waals surface area contributed by atoms with E-state index < -0.39 is 0 Å². The summed E-state index contributed by atoms with van der Waals surface area (Å²) in [7, 11) is 1.48. The van der Waals surface area contributed by atoms with Crippen molar-refractivity contribution >= 4 is 22.6 Å². The Kier molecular flexibility index (Phi) is 7.38. The van der Waals surface area contributed by atoms with E-state index in [0.29, 0.717) is 54.5 Å². The minimum absolute atomic E-state index is 0.214. The third-order valence-electron chi connectivity index (χ3n) is 6.53. The first kappa shape index (κ1) is 25.4. The maximum atomic E-state index is 13.0. The Bertz CT molecular complexity index is 1550. The van der Waals surface area contributed by atoms with Crippen LogP contribution in [0.4, 0.5) is 10.1 Å². The number of aromatic nitrogens is 3. The van der Waals surface area contributed by atoms with Gasteiger partial charge in [-0.3, -0.25) is 23.6 Å². The fraction of sp³-hybridized carbons (Fsp3) is 0.296. The Morgan fingerprint density at radius 1 is 1.05 bits per heavy atom. The topological polar surface area (TPSA) is 111 Å².